The largest absolute Gasteiger partial charge is 0.506 e. The standard InChI is InChI=1S/C30H26ClNO6S/c1-4-37-30(35)26-27(33)25(39-29(26)32-28(34)22-8-6-5-7-18(22)2)16-20-11-14-23(24(15-20)36-3)38-17-19-9-12-21(31)13-10-19/h5-16,33H,4,17H2,1-3H3. The predicted octanol–water partition coefficient (Wildman–Crippen LogP) is 6.94. The Balaban J connectivity index is 1.62. The molecule has 0 aliphatic carbocycles. The molecule has 200 valence electrons. The molecule has 0 saturated heterocycles. The minimum atomic E-state index is -0.759. The summed E-state index contributed by atoms with van der Waals surface area (Å²) in [7, 11) is 1.53. The molecule has 39 heavy (non-hydrogen) atoms. The van der Waals surface area contributed by atoms with E-state index in [4.69, 9.17) is 25.8 Å². The van der Waals surface area contributed by atoms with E-state index in [0.717, 1.165) is 22.9 Å². The van der Waals surface area contributed by atoms with Crippen LogP contribution in [0.4, 0.5) is 0 Å². The van der Waals surface area contributed by atoms with Gasteiger partial charge in [-0.05, 0) is 66.9 Å². The molecule has 0 unspecified atom stereocenters. The molecule has 1 heterocycles. The number of methoxy groups -OCH3 is 1. The van der Waals surface area contributed by atoms with Crippen molar-refractivity contribution < 1.29 is 28.9 Å². The monoisotopic (exact) mass is 563 g/mol. The van der Waals surface area contributed by atoms with Crippen molar-refractivity contribution in [3.63, 3.8) is 0 Å². The molecule has 1 aliphatic heterocycles. The van der Waals surface area contributed by atoms with Gasteiger partial charge < -0.3 is 19.3 Å². The molecule has 7 nitrogen and oxygen atoms in total. The van der Waals surface area contributed by atoms with Gasteiger partial charge in [-0.25, -0.2) is 9.79 Å². The number of carbonyl (C=O) groups excluding carboxylic acids is 2. The SMILES string of the molecule is CCOC(=O)C1=C(O)C(=Cc2ccc(OCc3ccc(Cl)cc3)c(OC)c2)SC1=NC(=O)c1ccccc1C. The second-order valence-corrected chi connectivity index (χ2v) is 9.88. The van der Waals surface area contributed by atoms with Gasteiger partial charge in [0.2, 0.25) is 0 Å². The molecule has 0 fully saturated rings. The molecular formula is C30H26ClNO6S. The smallest absolute Gasteiger partial charge is 0.344 e. The quantitative estimate of drug-likeness (QED) is 0.297. The Kier molecular flexibility index (Phi) is 9.11. The van der Waals surface area contributed by atoms with E-state index in [1.54, 1.807) is 68.5 Å². The summed E-state index contributed by atoms with van der Waals surface area (Å²) in [6, 6.07) is 19.7. The predicted molar refractivity (Wildman–Crippen MR) is 154 cm³/mol. The lowest BCUT2D eigenvalue weighted by atomic mass is 10.1. The van der Waals surface area contributed by atoms with E-state index in [0.29, 0.717) is 39.2 Å². The van der Waals surface area contributed by atoms with Crippen molar-refractivity contribution in [1.29, 1.82) is 0 Å². The van der Waals surface area contributed by atoms with Gasteiger partial charge in [-0.2, -0.15) is 0 Å². The maximum Gasteiger partial charge on any atom is 0.344 e. The Bertz CT molecular complexity index is 1490. The van der Waals surface area contributed by atoms with Crippen molar-refractivity contribution in [3.05, 3.63) is 110 Å². The van der Waals surface area contributed by atoms with E-state index < -0.39 is 11.9 Å². The molecule has 4 rings (SSSR count). The van der Waals surface area contributed by atoms with Gasteiger partial charge in [0, 0.05) is 10.6 Å². The van der Waals surface area contributed by atoms with E-state index in [2.05, 4.69) is 4.99 Å². The summed E-state index contributed by atoms with van der Waals surface area (Å²) in [5.41, 5.74) is 2.63. The van der Waals surface area contributed by atoms with E-state index in [9.17, 15) is 14.7 Å². The fourth-order valence-electron chi connectivity index (χ4n) is 3.74. The van der Waals surface area contributed by atoms with Crippen LogP contribution < -0.4 is 9.47 Å². The molecule has 0 atom stereocenters. The van der Waals surface area contributed by atoms with Crippen LogP contribution >= 0.6 is 23.4 Å². The van der Waals surface area contributed by atoms with Gasteiger partial charge in [-0.1, -0.05) is 59.8 Å². The molecule has 3 aromatic rings. The number of aryl methyl sites for hydroxylation is 1. The van der Waals surface area contributed by atoms with Crippen LogP contribution in [0.25, 0.3) is 6.08 Å². The average Bonchev–Trinajstić information content (AvgIpc) is 3.22. The van der Waals surface area contributed by atoms with Gasteiger partial charge in [0.05, 0.1) is 18.6 Å². The third-order valence-corrected chi connectivity index (χ3v) is 7.01. The summed E-state index contributed by atoms with van der Waals surface area (Å²) in [6.45, 7) is 3.89. The molecule has 3 aromatic carbocycles. The highest BCUT2D eigenvalue weighted by molar-refractivity contribution is 8.18. The average molecular weight is 564 g/mol. The number of thioether (sulfide) groups is 1. The van der Waals surface area contributed by atoms with Crippen LogP contribution in [0.15, 0.2) is 88.0 Å². The number of benzene rings is 3. The molecule has 0 radical (unpaired) electrons. The number of nitrogens with zero attached hydrogens (tertiary/aromatic N) is 1. The fraction of sp³-hybridized carbons (Fsp3) is 0.167. The Labute approximate surface area is 235 Å². The summed E-state index contributed by atoms with van der Waals surface area (Å²) < 4.78 is 16.6. The van der Waals surface area contributed by atoms with Crippen molar-refractivity contribution >= 4 is 46.4 Å². The van der Waals surface area contributed by atoms with E-state index in [1.165, 1.54) is 7.11 Å². The molecule has 0 spiro atoms. The zero-order chi connectivity index (χ0) is 27.9. The summed E-state index contributed by atoms with van der Waals surface area (Å²) >= 11 is 6.96. The molecule has 0 aromatic heterocycles. The van der Waals surface area contributed by atoms with Crippen molar-refractivity contribution in [2.45, 2.75) is 20.5 Å². The summed E-state index contributed by atoms with van der Waals surface area (Å²) in [6.07, 6.45) is 1.67. The highest BCUT2D eigenvalue weighted by atomic mass is 35.5. The Morgan fingerprint density at radius 2 is 1.79 bits per heavy atom. The van der Waals surface area contributed by atoms with Gasteiger partial charge in [0.25, 0.3) is 5.91 Å². The summed E-state index contributed by atoms with van der Waals surface area (Å²) in [5.74, 6) is -0.566. The van der Waals surface area contributed by atoms with Gasteiger partial charge in [-0.15, -0.1) is 0 Å². The van der Waals surface area contributed by atoms with Crippen LogP contribution in [0.1, 0.15) is 34.0 Å². The fourth-order valence-corrected chi connectivity index (χ4v) is 4.88. The number of hydrogen-bond donors (Lipinski definition) is 1. The number of carbonyl (C=O) groups is 2. The summed E-state index contributed by atoms with van der Waals surface area (Å²) in [5, 5.41) is 11.7. The van der Waals surface area contributed by atoms with Crippen molar-refractivity contribution in [2.24, 2.45) is 4.99 Å². The van der Waals surface area contributed by atoms with Gasteiger partial charge in [0.15, 0.2) is 11.5 Å². The first kappa shape index (κ1) is 28.0. The Hall–Kier alpha value is -4.01. The highest BCUT2D eigenvalue weighted by Crippen LogP contribution is 2.40. The van der Waals surface area contributed by atoms with Crippen molar-refractivity contribution in [3.8, 4) is 11.5 Å². The minimum Gasteiger partial charge on any atom is -0.506 e. The first-order chi connectivity index (χ1) is 18.8. The lowest BCUT2D eigenvalue weighted by Gasteiger charge is -2.12. The first-order valence-electron chi connectivity index (χ1n) is 12.0. The van der Waals surface area contributed by atoms with E-state index in [1.807, 2.05) is 18.2 Å². The molecule has 1 amide bonds. The minimum absolute atomic E-state index is 0.0698. The second kappa shape index (κ2) is 12.7. The van der Waals surface area contributed by atoms with Crippen LogP contribution in [0.3, 0.4) is 0 Å². The molecule has 1 N–H and O–H groups in total. The van der Waals surface area contributed by atoms with E-state index in [-0.39, 0.29) is 23.0 Å². The number of ether oxygens (including phenoxy) is 3. The Morgan fingerprint density at radius 1 is 1.05 bits per heavy atom. The lowest BCUT2D eigenvalue weighted by molar-refractivity contribution is -0.138. The maximum absolute atomic E-state index is 12.9. The number of aliphatic hydroxyl groups excluding tert-OH is 1. The number of amides is 1. The first-order valence-corrected chi connectivity index (χ1v) is 13.2. The topological polar surface area (TPSA) is 94.4 Å². The third kappa shape index (κ3) is 6.71. The zero-order valence-corrected chi connectivity index (χ0v) is 23.1. The number of halogens is 1. The maximum atomic E-state index is 12.9. The van der Waals surface area contributed by atoms with Gasteiger partial charge >= 0.3 is 5.97 Å². The van der Waals surface area contributed by atoms with Crippen LogP contribution in [-0.2, 0) is 16.1 Å². The van der Waals surface area contributed by atoms with Crippen LogP contribution in [-0.4, -0.2) is 35.7 Å². The molecule has 1 aliphatic rings. The van der Waals surface area contributed by atoms with Crippen molar-refractivity contribution in [2.75, 3.05) is 13.7 Å². The van der Waals surface area contributed by atoms with E-state index >= 15 is 0 Å². The highest BCUT2D eigenvalue weighted by Gasteiger charge is 2.34. The van der Waals surface area contributed by atoms with Crippen molar-refractivity contribution in [1.82, 2.24) is 0 Å². The van der Waals surface area contributed by atoms with Gasteiger partial charge in [0.1, 0.15) is 23.0 Å². The number of hydrogen-bond acceptors (Lipinski definition) is 7. The lowest BCUT2D eigenvalue weighted by Crippen LogP contribution is -2.14. The molecule has 0 saturated carbocycles. The van der Waals surface area contributed by atoms with Crippen LogP contribution in [0, 0.1) is 6.92 Å². The Morgan fingerprint density at radius 3 is 2.49 bits per heavy atom. The molecule has 9 heteroatoms. The normalized spacial score (nSPS) is 15.1. The molecular weight excluding hydrogens is 538 g/mol. The summed E-state index contributed by atoms with van der Waals surface area (Å²) in [4.78, 5) is 30.1. The second-order valence-electron chi connectivity index (χ2n) is 8.42. The zero-order valence-electron chi connectivity index (χ0n) is 21.6. The van der Waals surface area contributed by atoms with Crippen LogP contribution in [0.2, 0.25) is 5.02 Å². The number of aliphatic imine (C=N–C) groups is 1. The van der Waals surface area contributed by atoms with Crippen LogP contribution in [0.5, 0.6) is 11.5 Å². The number of rotatable bonds is 8. The number of esters is 1. The third-order valence-electron chi connectivity index (χ3n) is 5.74. The molecule has 0 bridgehead atoms. The van der Waals surface area contributed by atoms with Gasteiger partial charge in [-0.3, -0.25) is 4.79 Å². The number of aliphatic hydroxyl groups is 1.